The van der Waals surface area contributed by atoms with Crippen molar-refractivity contribution in [3.05, 3.63) is 43.7 Å². The second kappa shape index (κ2) is 7.71. The van der Waals surface area contributed by atoms with Crippen LogP contribution in [0, 0.1) is 0 Å². The van der Waals surface area contributed by atoms with Gasteiger partial charge < -0.3 is 5.32 Å². The van der Waals surface area contributed by atoms with E-state index in [1.165, 1.54) is 9.75 Å². The first-order chi connectivity index (χ1) is 9.58. The van der Waals surface area contributed by atoms with Crippen LogP contribution in [-0.4, -0.2) is 22.3 Å². The zero-order valence-electron chi connectivity index (χ0n) is 11.5. The smallest absolute Gasteiger partial charge is 0.0931 e. The fraction of sp³-hybridized carbons (Fsp3) is 0.429. The Bertz CT molecular complexity index is 553. The number of thiophene rings is 2. The van der Waals surface area contributed by atoms with Gasteiger partial charge in [0.15, 0.2) is 0 Å². The second-order valence-electron chi connectivity index (χ2n) is 4.64. The second-order valence-corrected chi connectivity index (χ2v) is 9.17. The van der Waals surface area contributed by atoms with Crippen LogP contribution in [0.1, 0.15) is 29.1 Å². The van der Waals surface area contributed by atoms with Crippen molar-refractivity contribution >= 4 is 45.1 Å². The first-order valence-electron chi connectivity index (χ1n) is 6.42. The summed E-state index contributed by atoms with van der Waals surface area (Å²) >= 11 is 9.40. The van der Waals surface area contributed by atoms with Crippen molar-refractivity contribution in [1.29, 1.82) is 0 Å². The van der Waals surface area contributed by atoms with Crippen LogP contribution < -0.4 is 5.32 Å². The van der Waals surface area contributed by atoms with Gasteiger partial charge in [-0.05, 0) is 36.5 Å². The summed E-state index contributed by atoms with van der Waals surface area (Å²) in [6.45, 7) is 2.87. The summed E-state index contributed by atoms with van der Waals surface area (Å²) in [4.78, 5) is 2.51. The highest BCUT2D eigenvalue weighted by Gasteiger charge is 2.17. The van der Waals surface area contributed by atoms with Gasteiger partial charge in [0, 0.05) is 32.1 Å². The van der Waals surface area contributed by atoms with Gasteiger partial charge >= 0.3 is 0 Å². The van der Waals surface area contributed by atoms with Crippen molar-refractivity contribution in [3.8, 4) is 0 Å². The molecule has 110 valence electrons. The quantitative estimate of drug-likeness (QED) is 0.809. The van der Waals surface area contributed by atoms with E-state index in [0.717, 1.165) is 17.3 Å². The molecule has 0 saturated carbocycles. The summed E-state index contributed by atoms with van der Waals surface area (Å²) < 4.78 is 12.2. The third kappa shape index (κ3) is 4.40. The van der Waals surface area contributed by atoms with Crippen molar-refractivity contribution in [2.24, 2.45) is 0 Å². The summed E-state index contributed by atoms with van der Waals surface area (Å²) in [5.41, 5.74) is 0. The third-order valence-corrected chi connectivity index (χ3v) is 6.77. The molecule has 3 atom stereocenters. The molecule has 6 heteroatoms. The molecule has 2 aromatic rings. The summed E-state index contributed by atoms with van der Waals surface area (Å²) in [7, 11) is -0.758. The van der Waals surface area contributed by atoms with Gasteiger partial charge in [-0.1, -0.05) is 24.6 Å². The Morgan fingerprint density at radius 1 is 1.35 bits per heavy atom. The molecule has 2 aromatic heterocycles. The fourth-order valence-electron chi connectivity index (χ4n) is 1.88. The topological polar surface area (TPSA) is 29.1 Å². The van der Waals surface area contributed by atoms with Crippen molar-refractivity contribution in [2.75, 3.05) is 12.8 Å². The number of rotatable bonds is 7. The first-order valence-corrected chi connectivity index (χ1v) is 10.1. The maximum absolute atomic E-state index is 11.4. The molecule has 0 radical (unpaired) electrons. The molecule has 0 fully saturated rings. The van der Waals surface area contributed by atoms with Crippen LogP contribution in [0.5, 0.6) is 0 Å². The van der Waals surface area contributed by atoms with Gasteiger partial charge in [0.25, 0.3) is 0 Å². The minimum absolute atomic E-state index is 0.185. The first kappa shape index (κ1) is 16.2. The molecule has 2 nitrogen and oxygen atoms in total. The lowest BCUT2D eigenvalue weighted by Gasteiger charge is -2.17. The molecule has 0 saturated heterocycles. The summed E-state index contributed by atoms with van der Waals surface area (Å²) in [5.74, 6) is 0. The summed E-state index contributed by atoms with van der Waals surface area (Å²) in [6, 6.07) is 8.40. The average molecular weight is 348 g/mol. The van der Waals surface area contributed by atoms with Crippen molar-refractivity contribution < 1.29 is 4.21 Å². The fourth-order valence-corrected chi connectivity index (χ4v) is 4.38. The Labute approximate surface area is 135 Å². The van der Waals surface area contributed by atoms with Crippen LogP contribution in [-0.2, 0) is 10.8 Å². The maximum atomic E-state index is 11.4. The molecule has 3 unspecified atom stereocenters. The lowest BCUT2D eigenvalue weighted by Crippen LogP contribution is -2.25. The van der Waals surface area contributed by atoms with Gasteiger partial charge in [0.2, 0.25) is 0 Å². The van der Waals surface area contributed by atoms with E-state index in [1.54, 1.807) is 28.9 Å². The molecule has 1 N–H and O–H groups in total. The van der Waals surface area contributed by atoms with Gasteiger partial charge in [-0.2, -0.15) is 0 Å². The van der Waals surface area contributed by atoms with Gasteiger partial charge in [-0.15, -0.1) is 22.7 Å². The molecular weight excluding hydrogens is 330 g/mol. The molecular formula is C14H18ClNOS3. The van der Waals surface area contributed by atoms with E-state index in [1.807, 2.05) is 13.0 Å². The predicted octanol–water partition coefficient (Wildman–Crippen LogP) is 4.30. The van der Waals surface area contributed by atoms with Gasteiger partial charge in [-0.3, -0.25) is 4.21 Å². The van der Waals surface area contributed by atoms with Gasteiger partial charge in [0.1, 0.15) is 0 Å². The molecule has 2 heterocycles. The molecule has 2 rings (SSSR count). The number of hydrogen-bond donors (Lipinski definition) is 1. The highest BCUT2D eigenvalue weighted by Crippen LogP contribution is 2.33. The zero-order valence-corrected chi connectivity index (χ0v) is 14.7. The minimum Gasteiger partial charge on any atom is -0.305 e. The maximum Gasteiger partial charge on any atom is 0.0931 e. The van der Waals surface area contributed by atoms with Crippen LogP contribution in [0.2, 0.25) is 4.34 Å². The van der Waals surface area contributed by atoms with Crippen molar-refractivity contribution in [2.45, 2.75) is 24.6 Å². The Hall–Kier alpha value is -0.200. The van der Waals surface area contributed by atoms with Gasteiger partial charge in [0.05, 0.1) is 10.4 Å². The van der Waals surface area contributed by atoms with Crippen molar-refractivity contribution in [3.63, 3.8) is 0 Å². The Balaban J connectivity index is 2.03. The Morgan fingerprint density at radius 2 is 2.15 bits per heavy atom. The highest BCUT2D eigenvalue weighted by molar-refractivity contribution is 7.84. The number of nitrogens with one attached hydrogen (secondary N) is 1. The molecule has 0 aliphatic rings. The lowest BCUT2D eigenvalue weighted by molar-refractivity contribution is 0.588. The zero-order chi connectivity index (χ0) is 14.5. The van der Waals surface area contributed by atoms with E-state index in [9.17, 15) is 4.21 Å². The number of hydrogen-bond acceptors (Lipinski definition) is 4. The Kier molecular flexibility index (Phi) is 6.23. The van der Waals surface area contributed by atoms with Crippen LogP contribution in [0.4, 0.5) is 0 Å². The van der Waals surface area contributed by atoms with E-state index in [0.29, 0.717) is 0 Å². The average Bonchev–Trinajstić information content (AvgIpc) is 3.05. The standard InChI is InChI=1S/C14H18ClNOS3/c1-10(20(2)17)7-8-16-14(11-4-3-9-18-11)12-5-6-13(15)19-12/h3-6,9-10,14,16H,7-8H2,1-2H3. The Morgan fingerprint density at radius 3 is 2.70 bits per heavy atom. The molecule has 20 heavy (non-hydrogen) atoms. The highest BCUT2D eigenvalue weighted by atomic mass is 35.5. The van der Waals surface area contributed by atoms with E-state index in [2.05, 4.69) is 28.9 Å². The van der Waals surface area contributed by atoms with Crippen LogP contribution in [0.25, 0.3) is 0 Å². The molecule has 0 aliphatic carbocycles. The predicted molar refractivity (Wildman–Crippen MR) is 91.6 cm³/mol. The van der Waals surface area contributed by atoms with E-state index >= 15 is 0 Å². The molecule has 0 amide bonds. The molecule has 0 bridgehead atoms. The SMILES string of the molecule is CC(CCNC(c1cccs1)c1ccc(Cl)s1)S(C)=O. The minimum atomic E-state index is -0.758. The van der Waals surface area contributed by atoms with E-state index in [-0.39, 0.29) is 11.3 Å². The normalized spacial score (nSPS) is 15.9. The van der Waals surface area contributed by atoms with E-state index < -0.39 is 10.8 Å². The van der Waals surface area contributed by atoms with E-state index in [4.69, 9.17) is 11.6 Å². The van der Waals surface area contributed by atoms with Crippen LogP contribution in [0.15, 0.2) is 29.6 Å². The molecule has 0 spiro atoms. The molecule has 0 aliphatic heterocycles. The summed E-state index contributed by atoms with van der Waals surface area (Å²) in [6.07, 6.45) is 2.67. The van der Waals surface area contributed by atoms with Crippen LogP contribution in [0.3, 0.4) is 0 Å². The largest absolute Gasteiger partial charge is 0.305 e. The van der Waals surface area contributed by atoms with Crippen molar-refractivity contribution in [1.82, 2.24) is 5.32 Å². The van der Waals surface area contributed by atoms with Gasteiger partial charge in [-0.25, -0.2) is 0 Å². The monoisotopic (exact) mass is 347 g/mol. The third-order valence-electron chi connectivity index (χ3n) is 3.17. The summed E-state index contributed by atoms with van der Waals surface area (Å²) in [5, 5.41) is 5.87. The van der Waals surface area contributed by atoms with Crippen LogP contribution >= 0.6 is 34.3 Å². The number of halogens is 1. The molecule has 0 aromatic carbocycles. The lowest BCUT2D eigenvalue weighted by atomic mass is 10.2.